The first-order valence-corrected chi connectivity index (χ1v) is 6.85. The molecule has 0 spiro atoms. The fourth-order valence-electron chi connectivity index (χ4n) is 2.41. The molecule has 0 unspecified atom stereocenters. The van der Waals surface area contributed by atoms with Gasteiger partial charge in [-0.05, 0) is 23.8 Å². The van der Waals surface area contributed by atoms with E-state index in [1.807, 2.05) is 41.1 Å². The second kappa shape index (κ2) is 5.14. The molecule has 0 fully saturated rings. The number of aromatic nitrogens is 1. The van der Waals surface area contributed by atoms with Crippen LogP contribution in [0.3, 0.4) is 0 Å². The smallest absolute Gasteiger partial charge is 0.248 e. The predicted molar refractivity (Wildman–Crippen MR) is 85.4 cm³/mol. The molecule has 2 aromatic carbocycles. The SMILES string of the molecule is NC(=O)c1ccc(Cn2cc(Cl)c3ccccc32)c(N)c1. The number of carbonyl (C=O) groups excluding carboxylic acids is 1. The number of anilines is 1. The van der Waals surface area contributed by atoms with E-state index in [1.54, 1.807) is 12.1 Å². The maximum Gasteiger partial charge on any atom is 0.248 e. The fourth-order valence-corrected chi connectivity index (χ4v) is 2.69. The Morgan fingerprint density at radius 3 is 2.67 bits per heavy atom. The van der Waals surface area contributed by atoms with Crippen LogP contribution in [0.1, 0.15) is 15.9 Å². The number of fused-ring (bicyclic) bond motifs is 1. The number of carbonyl (C=O) groups is 1. The maximum absolute atomic E-state index is 11.1. The topological polar surface area (TPSA) is 74.0 Å². The molecule has 0 aliphatic heterocycles. The second-order valence-corrected chi connectivity index (χ2v) is 5.31. The highest BCUT2D eigenvalue weighted by molar-refractivity contribution is 6.35. The molecule has 0 aliphatic rings. The van der Waals surface area contributed by atoms with Crippen LogP contribution in [0.15, 0.2) is 48.7 Å². The van der Waals surface area contributed by atoms with Gasteiger partial charge in [0.05, 0.1) is 5.02 Å². The lowest BCUT2D eigenvalue weighted by molar-refractivity contribution is 0.100. The van der Waals surface area contributed by atoms with Crippen molar-refractivity contribution in [1.82, 2.24) is 4.57 Å². The molecule has 0 bridgehead atoms. The van der Waals surface area contributed by atoms with Gasteiger partial charge in [-0.25, -0.2) is 0 Å². The Kier molecular flexibility index (Phi) is 3.31. The van der Waals surface area contributed by atoms with Gasteiger partial charge >= 0.3 is 0 Å². The molecule has 1 heterocycles. The van der Waals surface area contributed by atoms with E-state index in [0.717, 1.165) is 16.5 Å². The van der Waals surface area contributed by atoms with Gasteiger partial charge in [-0.3, -0.25) is 4.79 Å². The van der Waals surface area contributed by atoms with Gasteiger partial charge in [0.15, 0.2) is 0 Å². The largest absolute Gasteiger partial charge is 0.398 e. The van der Waals surface area contributed by atoms with Crippen LogP contribution >= 0.6 is 11.6 Å². The second-order valence-electron chi connectivity index (χ2n) is 4.90. The standard InChI is InChI=1S/C16H14ClN3O/c17-13-9-20(15-4-2-1-3-12(13)15)8-11-6-5-10(16(19)21)7-14(11)18/h1-7,9H,8,18H2,(H2,19,21). The molecular formula is C16H14ClN3O. The summed E-state index contributed by atoms with van der Waals surface area (Å²) >= 11 is 6.24. The van der Waals surface area contributed by atoms with Crippen molar-refractivity contribution >= 4 is 34.1 Å². The molecule has 5 heteroatoms. The van der Waals surface area contributed by atoms with Crippen LogP contribution in [-0.2, 0) is 6.54 Å². The first-order valence-electron chi connectivity index (χ1n) is 6.48. The van der Waals surface area contributed by atoms with Crippen molar-refractivity contribution in [1.29, 1.82) is 0 Å². The number of halogens is 1. The number of para-hydroxylation sites is 1. The lowest BCUT2D eigenvalue weighted by atomic mass is 10.1. The van der Waals surface area contributed by atoms with Crippen molar-refractivity contribution in [3.63, 3.8) is 0 Å². The Morgan fingerprint density at radius 2 is 1.95 bits per heavy atom. The van der Waals surface area contributed by atoms with E-state index in [4.69, 9.17) is 23.1 Å². The Bertz CT molecular complexity index is 839. The zero-order valence-electron chi connectivity index (χ0n) is 11.2. The summed E-state index contributed by atoms with van der Waals surface area (Å²) in [5.74, 6) is -0.484. The van der Waals surface area contributed by atoms with Crippen LogP contribution in [0.4, 0.5) is 5.69 Å². The van der Waals surface area contributed by atoms with Gasteiger partial charge in [-0.15, -0.1) is 0 Å². The molecule has 3 rings (SSSR count). The summed E-state index contributed by atoms with van der Waals surface area (Å²) in [6.07, 6.45) is 1.88. The highest BCUT2D eigenvalue weighted by Crippen LogP contribution is 2.27. The molecule has 1 aromatic heterocycles. The van der Waals surface area contributed by atoms with Crippen LogP contribution < -0.4 is 11.5 Å². The van der Waals surface area contributed by atoms with E-state index in [-0.39, 0.29) is 0 Å². The molecule has 21 heavy (non-hydrogen) atoms. The summed E-state index contributed by atoms with van der Waals surface area (Å²) in [4.78, 5) is 11.1. The third kappa shape index (κ3) is 2.45. The van der Waals surface area contributed by atoms with Crippen molar-refractivity contribution in [2.75, 3.05) is 5.73 Å². The van der Waals surface area contributed by atoms with E-state index in [2.05, 4.69) is 0 Å². The van der Waals surface area contributed by atoms with Crippen molar-refractivity contribution < 1.29 is 4.79 Å². The minimum atomic E-state index is -0.484. The van der Waals surface area contributed by atoms with Crippen molar-refractivity contribution in [2.45, 2.75) is 6.54 Å². The highest BCUT2D eigenvalue weighted by atomic mass is 35.5. The first kappa shape index (κ1) is 13.5. The molecule has 106 valence electrons. The van der Waals surface area contributed by atoms with Gasteiger partial charge in [-0.1, -0.05) is 35.9 Å². The number of primary amides is 1. The third-order valence-electron chi connectivity index (χ3n) is 3.51. The molecule has 0 radical (unpaired) electrons. The predicted octanol–water partition coefficient (Wildman–Crippen LogP) is 3.02. The van der Waals surface area contributed by atoms with Crippen LogP contribution in [-0.4, -0.2) is 10.5 Å². The van der Waals surface area contributed by atoms with Gasteiger partial charge < -0.3 is 16.0 Å². The number of nitrogens with two attached hydrogens (primary N) is 2. The maximum atomic E-state index is 11.1. The number of benzene rings is 2. The summed E-state index contributed by atoms with van der Waals surface area (Å²) in [5.41, 5.74) is 14.2. The Balaban J connectivity index is 2.01. The number of nitrogen functional groups attached to an aromatic ring is 1. The van der Waals surface area contributed by atoms with Gasteiger partial charge in [0.2, 0.25) is 5.91 Å². The van der Waals surface area contributed by atoms with Crippen molar-refractivity contribution in [3.05, 3.63) is 64.8 Å². The van der Waals surface area contributed by atoms with Crippen molar-refractivity contribution in [2.24, 2.45) is 5.73 Å². The highest BCUT2D eigenvalue weighted by Gasteiger charge is 2.09. The molecule has 4 nitrogen and oxygen atoms in total. The lowest BCUT2D eigenvalue weighted by Crippen LogP contribution is -2.12. The van der Waals surface area contributed by atoms with Gasteiger partial charge in [-0.2, -0.15) is 0 Å². The van der Waals surface area contributed by atoms with Gasteiger partial charge in [0.25, 0.3) is 0 Å². The zero-order chi connectivity index (χ0) is 15.0. The lowest BCUT2D eigenvalue weighted by Gasteiger charge is -2.09. The monoisotopic (exact) mass is 299 g/mol. The first-order chi connectivity index (χ1) is 10.1. The van der Waals surface area contributed by atoms with Crippen LogP contribution in [0.25, 0.3) is 10.9 Å². The van der Waals surface area contributed by atoms with Crippen LogP contribution in [0.5, 0.6) is 0 Å². The minimum absolute atomic E-state index is 0.409. The normalized spacial score (nSPS) is 10.9. The molecule has 0 saturated carbocycles. The number of nitrogens with zero attached hydrogens (tertiary/aromatic N) is 1. The van der Waals surface area contributed by atoms with Gasteiger partial charge in [0.1, 0.15) is 0 Å². The molecule has 1 amide bonds. The van der Waals surface area contributed by atoms with E-state index in [0.29, 0.717) is 22.8 Å². The molecule has 0 saturated heterocycles. The number of hydrogen-bond acceptors (Lipinski definition) is 2. The van der Waals surface area contributed by atoms with Crippen molar-refractivity contribution in [3.8, 4) is 0 Å². The molecule has 0 atom stereocenters. The Labute approximate surface area is 126 Å². The van der Waals surface area contributed by atoms with Crippen LogP contribution in [0, 0.1) is 0 Å². The summed E-state index contributed by atoms with van der Waals surface area (Å²) in [5, 5.41) is 1.71. The number of hydrogen-bond donors (Lipinski definition) is 2. The summed E-state index contributed by atoms with van der Waals surface area (Å²) < 4.78 is 2.04. The van der Waals surface area contributed by atoms with E-state index < -0.39 is 5.91 Å². The minimum Gasteiger partial charge on any atom is -0.398 e. The molecule has 4 N–H and O–H groups in total. The van der Waals surface area contributed by atoms with Gasteiger partial charge in [0, 0.05) is 34.9 Å². The Hall–Kier alpha value is -2.46. The molecule has 0 aliphatic carbocycles. The average molecular weight is 300 g/mol. The molecule has 3 aromatic rings. The van der Waals surface area contributed by atoms with E-state index in [9.17, 15) is 4.79 Å². The zero-order valence-corrected chi connectivity index (χ0v) is 12.0. The quantitative estimate of drug-likeness (QED) is 0.730. The number of rotatable bonds is 3. The van der Waals surface area contributed by atoms with E-state index >= 15 is 0 Å². The third-order valence-corrected chi connectivity index (χ3v) is 3.81. The number of amides is 1. The average Bonchev–Trinajstić information content (AvgIpc) is 2.78. The van der Waals surface area contributed by atoms with Crippen LogP contribution in [0.2, 0.25) is 5.02 Å². The fraction of sp³-hybridized carbons (Fsp3) is 0.0625. The van der Waals surface area contributed by atoms with E-state index in [1.165, 1.54) is 0 Å². The summed E-state index contributed by atoms with van der Waals surface area (Å²) in [6, 6.07) is 13.0. The summed E-state index contributed by atoms with van der Waals surface area (Å²) in [6.45, 7) is 0.581. The summed E-state index contributed by atoms with van der Waals surface area (Å²) in [7, 11) is 0. The molecular weight excluding hydrogens is 286 g/mol. The Morgan fingerprint density at radius 1 is 1.19 bits per heavy atom.